The van der Waals surface area contributed by atoms with Crippen LogP contribution in [0.25, 0.3) is 10.8 Å². The van der Waals surface area contributed by atoms with Crippen LogP contribution in [0.5, 0.6) is 0 Å². The van der Waals surface area contributed by atoms with Crippen LogP contribution in [-0.4, -0.2) is 141 Å². The van der Waals surface area contributed by atoms with Crippen molar-refractivity contribution in [2.24, 2.45) is 5.41 Å². The standard InChI is InChI=1S/C50H62FN11O6S/c1-33-44(54-42(69-33)29-61-16-7-10-40(61)45-57-56-41-11-3-2-6-17-62(41)45)49-30-50(31-49,32-49)48(66)53-15-23-68-25-24-67-22-14-52-28-43(63)59-18-20-60(21-19-59)47(65)37-26-34(12-13-38(37)51)27-39-35-8-4-5-9-36(35)46(64)58-55-39/h4-5,8-9,12-13,26,40,52H,2-3,6-7,10-11,14-25,27-32H2,1H3,(H,53,66)(H,58,64). The molecule has 6 heterocycles. The topological polar surface area (TPSA) is 193 Å². The van der Waals surface area contributed by atoms with E-state index in [1.165, 1.54) is 42.0 Å². The molecule has 3 aliphatic heterocycles. The van der Waals surface area contributed by atoms with Gasteiger partial charge in [-0.3, -0.25) is 24.1 Å². The Morgan fingerprint density at radius 2 is 1.65 bits per heavy atom. The van der Waals surface area contributed by atoms with Crippen LogP contribution >= 0.6 is 11.3 Å². The number of H-pyrrole nitrogens is 1. The van der Waals surface area contributed by atoms with Crippen LogP contribution < -0.4 is 16.2 Å². The molecule has 11 rings (SSSR count). The van der Waals surface area contributed by atoms with Crippen molar-refractivity contribution in [3.63, 3.8) is 0 Å². The van der Waals surface area contributed by atoms with Gasteiger partial charge in [-0.2, -0.15) is 5.10 Å². The van der Waals surface area contributed by atoms with Gasteiger partial charge < -0.3 is 34.5 Å². The number of aromatic amines is 1. The number of hydrogen-bond donors (Lipinski definition) is 3. The number of hydrogen-bond acceptors (Lipinski definition) is 13. The Morgan fingerprint density at radius 3 is 2.46 bits per heavy atom. The van der Waals surface area contributed by atoms with Gasteiger partial charge in [-0.25, -0.2) is 14.5 Å². The second-order valence-corrected chi connectivity index (χ2v) is 20.8. The lowest BCUT2D eigenvalue weighted by Crippen LogP contribution is -2.70. The van der Waals surface area contributed by atoms with Crippen molar-refractivity contribution in [2.45, 2.75) is 95.7 Å². The van der Waals surface area contributed by atoms with Gasteiger partial charge >= 0.3 is 0 Å². The molecule has 1 unspecified atom stereocenters. The number of nitrogens with zero attached hydrogens (tertiary/aromatic N) is 8. The van der Waals surface area contributed by atoms with Crippen LogP contribution in [0, 0.1) is 18.2 Å². The Labute approximate surface area is 404 Å². The number of aromatic nitrogens is 6. The van der Waals surface area contributed by atoms with Gasteiger partial charge in [0.2, 0.25) is 11.8 Å². The molecule has 17 nitrogen and oxygen atoms in total. The minimum atomic E-state index is -0.617. The molecule has 366 valence electrons. The van der Waals surface area contributed by atoms with E-state index in [-0.39, 0.29) is 53.4 Å². The summed E-state index contributed by atoms with van der Waals surface area (Å²) in [6, 6.07) is 11.9. The average molecular weight is 964 g/mol. The molecule has 3 N–H and O–H groups in total. The fourth-order valence-electron chi connectivity index (χ4n) is 11.4. The summed E-state index contributed by atoms with van der Waals surface area (Å²) in [6.07, 6.45) is 9.83. The molecule has 69 heavy (non-hydrogen) atoms. The van der Waals surface area contributed by atoms with Crippen LogP contribution in [0.15, 0.2) is 47.3 Å². The van der Waals surface area contributed by atoms with E-state index in [0.29, 0.717) is 87.1 Å². The van der Waals surface area contributed by atoms with E-state index in [1.807, 2.05) is 23.5 Å². The summed E-state index contributed by atoms with van der Waals surface area (Å²) in [5, 5.41) is 24.6. The highest BCUT2D eigenvalue weighted by atomic mass is 32.1. The summed E-state index contributed by atoms with van der Waals surface area (Å²) >= 11 is 1.81. The Balaban J connectivity index is 0.571. The van der Waals surface area contributed by atoms with Crippen molar-refractivity contribution in [3.05, 3.63) is 103 Å². The van der Waals surface area contributed by atoms with E-state index >= 15 is 0 Å². The Bertz CT molecular complexity index is 2730. The van der Waals surface area contributed by atoms with Gasteiger partial charge in [0.05, 0.1) is 73.3 Å². The molecule has 2 saturated heterocycles. The molecular weight excluding hydrogens is 902 g/mol. The first-order valence-corrected chi connectivity index (χ1v) is 25.5. The number of halogens is 1. The van der Waals surface area contributed by atoms with E-state index < -0.39 is 11.7 Å². The summed E-state index contributed by atoms with van der Waals surface area (Å²) in [7, 11) is 0. The minimum Gasteiger partial charge on any atom is -0.378 e. The largest absolute Gasteiger partial charge is 0.378 e. The highest BCUT2D eigenvalue weighted by molar-refractivity contribution is 7.11. The third kappa shape index (κ3) is 9.85. The predicted molar refractivity (Wildman–Crippen MR) is 256 cm³/mol. The molecule has 6 aliphatic rings. The molecule has 3 aliphatic carbocycles. The number of fused-ring (bicyclic) bond motifs is 2. The number of ether oxygens (including phenoxy) is 2. The number of carbonyl (C=O) groups is 3. The molecule has 2 aromatic carbocycles. The number of benzene rings is 2. The lowest BCUT2D eigenvalue weighted by molar-refractivity contribution is -0.177. The first-order valence-electron chi connectivity index (χ1n) is 24.7. The van der Waals surface area contributed by atoms with Crippen molar-refractivity contribution < 1.29 is 28.2 Å². The van der Waals surface area contributed by atoms with E-state index in [2.05, 4.69) is 42.3 Å². The van der Waals surface area contributed by atoms with Crippen LogP contribution in [0.3, 0.4) is 0 Å². The monoisotopic (exact) mass is 963 g/mol. The molecule has 3 amide bonds. The number of nitrogens with one attached hydrogen (secondary N) is 3. The second kappa shape index (κ2) is 20.5. The molecule has 5 aromatic rings. The zero-order valence-electron chi connectivity index (χ0n) is 39.4. The van der Waals surface area contributed by atoms with Gasteiger partial charge in [0, 0.05) is 74.3 Å². The third-order valence-corrected chi connectivity index (χ3v) is 15.9. The second-order valence-electron chi connectivity index (χ2n) is 19.5. The van der Waals surface area contributed by atoms with Crippen molar-refractivity contribution in [1.29, 1.82) is 0 Å². The van der Waals surface area contributed by atoms with E-state index in [0.717, 1.165) is 74.8 Å². The number of amides is 3. The van der Waals surface area contributed by atoms with Crippen LogP contribution in [-0.2, 0) is 50.4 Å². The number of carbonyl (C=O) groups excluding carboxylic acids is 3. The fraction of sp³-hybridized carbons (Fsp3) is 0.560. The summed E-state index contributed by atoms with van der Waals surface area (Å²) in [4.78, 5) is 64.1. The lowest BCUT2D eigenvalue weighted by Gasteiger charge is -2.68. The summed E-state index contributed by atoms with van der Waals surface area (Å²) in [5.41, 5.74) is 1.93. The molecule has 2 bridgehead atoms. The maximum absolute atomic E-state index is 15.0. The highest BCUT2D eigenvalue weighted by Crippen LogP contribution is 2.74. The van der Waals surface area contributed by atoms with Crippen molar-refractivity contribution >= 4 is 39.8 Å². The van der Waals surface area contributed by atoms with E-state index in [1.54, 1.807) is 28.0 Å². The number of aryl methyl sites for hydroxylation is 2. The zero-order chi connectivity index (χ0) is 47.5. The fourth-order valence-corrected chi connectivity index (χ4v) is 12.5. The molecule has 5 fully saturated rings. The normalized spacial score (nSPS) is 22.3. The number of rotatable bonds is 19. The van der Waals surface area contributed by atoms with Crippen molar-refractivity contribution in [3.8, 4) is 0 Å². The maximum atomic E-state index is 15.0. The first-order chi connectivity index (χ1) is 33.6. The lowest BCUT2D eigenvalue weighted by atomic mass is 9.34. The van der Waals surface area contributed by atoms with E-state index in [9.17, 15) is 23.6 Å². The van der Waals surface area contributed by atoms with Gasteiger partial charge in [0.25, 0.3) is 11.5 Å². The Kier molecular flexibility index (Phi) is 14.0. The average Bonchev–Trinajstić information content (AvgIpc) is 4.01. The maximum Gasteiger partial charge on any atom is 0.272 e. The molecular formula is C50H62FN11O6S. The van der Waals surface area contributed by atoms with Crippen molar-refractivity contribution in [1.82, 2.24) is 55.3 Å². The first kappa shape index (κ1) is 47.2. The molecule has 0 radical (unpaired) electrons. The summed E-state index contributed by atoms with van der Waals surface area (Å²) < 4.78 is 28.7. The van der Waals surface area contributed by atoms with Crippen molar-refractivity contribution in [2.75, 3.05) is 78.8 Å². The van der Waals surface area contributed by atoms with Gasteiger partial charge in [0.1, 0.15) is 22.5 Å². The molecule has 1 atom stereocenters. The number of piperazine rings is 1. The molecule has 0 spiro atoms. The summed E-state index contributed by atoms with van der Waals surface area (Å²) in [6.45, 7) is 9.03. The number of likely N-dealkylation sites (tertiary alicyclic amines) is 1. The Morgan fingerprint density at radius 1 is 0.884 bits per heavy atom. The minimum absolute atomic E-state index is 0.0292. The van der Waals surface area contributed by atoms with Gasteiger partial charge in [-0.05, 0) is 82.2 Å². The summed E-state index contributed by atoms with van der Waals surface area (Å²) in [5.74, 6) is 1.27. The third-order valence-electron chi connectivity index (χ3n) is 14.9. The molecule has 3 saturated carbocycles. The van der Waals surface area contributed by atoms with Crippen LogP contribution in [0.2, 0.25) is 0 Å². The van der Waals surface area contributed by atoms with Gasteiger partial charge in [-0.1, -0.05) is 30.7 Å². The van der Waals surface area contributed by atoms with Gasteiger partial charge in [0.15, 0.2) is 0 Å². The molecule has 3 aromatic heterocycles. The quantitative estimate of drug-likeness (QED) is 0.100. The van der Waals surface area contributed by atoms with E-state index in [4.69, 9.17) is 19.6 Å². The predicted octanol–water partition coefficient (Wildman–Crippen LogP) is 4.22. The van der Waals surface area contributed by atoms with Crippen LogP contribution in [0.4, 0.5) is 4.39 Å². The highest BCUT2D eigenvalue weighted by Gasteiger charge is 2.73. The Hall–Kier alpha value is -5.47. The zero-order valence-corrected chi connectivity index (χ0v) is 40.2. The smallest absolute Gasteiger partial charge is 0.272 e. The van der Waals surface area contributed by atoms with Gasteiger partial charge in [-0.15, -0.1) is 21.5 Å². The van der Waals surface area contributed by atoms with Crippen LogP contribution in [0.1, 0.15) is 106 Å². The SMILES string of the molecule is Cc1sc(CN2CCCC2c2nnc3n2CCCCC3)nc1C12CC(C(=O)NCCOCCOCCNCC(=O)N3CCN(C(=O)c4cc(Cc5n[nH]c(=O)c6ccccc56)ccc4F)CC3)(C1)C2. The number of thiazole rings is 1. The molecule has 19 heteroatoms.